The van der Waals surface area contributed by atoms with Crippen molar-refractivity contribution in [3.63, 3.8) is 0 Å². The first-order valence-corrected chi connectivity index (χ1v) is 9.88. The molecule has 2 atom stereocenters. The van der Waals surface area contributed by atoms with E-state index in [-0.39, 0.29) is 41.8 Å². The molecule has 1 fully saturated rings. The molecule has 2 unspecified atom stereocenters. The van der Waals surface area contributed by atoms with E-state index >= 15 is 0 Å². The molecule has 1 aromatic rings. The minimum absolute atomic E-state index is 0. The average Bonchev–Trinajstić information content (AvgIpc) is 3.15. The number of carbonyl (C=O) groups excluding carboxylic acids is 1. The lowest BCUT2D eigenvalue weighted by atomic mass is 9.99. The zero-order valence-corrected chi connectivity index (χ0v) is 19.5. The van der Waals surface area contributed by atoms with Crippen molar-refractivity contribution in [2.75, 3.05) is 33.3 Å². The van der Waals surface area contributed by atoms with E-state index < -0.39 is 0 Å². The van der Waals surface area contributed by atoms with Gasteiger partial charge in [0, 0.05) is 37.5 Å². The lowest BCUT2D eigenvalue weighted by molar-refractivity contribution is -0.145. The molecule has 0 amide bonds. The molecule has 0 radical (unpaired) electrons. The molecule has 6 nitrogen and oxygen atoms in total. The Kier molecular flexibility index (Phi) is 9.84. The molecule has 0 saturated carbocycles. The largest absolute Gasteiger partial charge is 0.469 e. The molecular formula is C18H31IN4O2S. The molecule has 1 aromatic heterocycles. The monoisotopic (exact) mass is 494 g/mol. The number of nitrogens with one attached hydrogen (secondary N) is 1. The van der Waals surface area contributed by atoms with E-state index in [2.05, 4.69) is 42.9 Å². The number of carbonyl (C=O) groups is 1. The number of aliphatic imine (C=N–C) groups is 1. The molecule has 0 spiro atoms. The van der Waals surface area contributed by atoms with E-state index in [0.29, 0.717) is 13.1 Å². The standard InChI is InChI=1S/C18H30N4O2S.HI/c1-6-15-13(4)25-16(21-15)8-9-20-18(19-7-2)22-10-12(3)14(11-22)17(23)24-5;/h12,14H,6-11H2,1-5H3,(H,19,20);1H. The number of thiazole rings is 1. The van der Waals surface area contributed by atoms with E-state index in [0.717, 1.165) is 36.9 Å². The summed E-state index contributed by atoms with van der Waals surface area (Å²) in [6, 6.07) is 0. The Balaban J connectivity index is 0.00000338. The van der Waals surface area contributed by atoms with Crippen molar-refractivity contribution in [1.29, 1.82) is 0 Å². The fourth-order valence-corrected chi connectivity index (χ4v) is 4.21. The van der Waals surface area contributed by atoms with Gasteiger partial charge in [-0.05, 0) is 26.2 Å². The van der Waals surface area contributed by atoms with Crippen LogP contribution in [0.5, 0.6) is 0 Å². The first kappa shape index (κ1) is 23.1. The second kappa shape index (κ2) is 11.1. The molecule has 148 valence electrons. The average molecular weight is 494 g/mol. The Morgan fingerprint density at radius 3 is 2.73 bits per heavy atom. The Bertz CT molecular complexity index is 620. The maximum absolute atomic E-state index is 11.9. The summed E-state index contributed by atoms with van der Waals surface area (Å²) in [7, 11) is 1.46. The smallest absolute Gasteiger partial charge is 0.310 e. The van der Waals surface area contributed by atoms with Crippen molar-refractivity contribution >= 4 is 47.2 Å². The number of hydrogen-bond donors (Lipinski definition) is 1. The van der Waals surface area contributed by atoms with Gasteiger partial charge in [0.15, 0.2) is 5.96 Å². The SMILES string of the molecule is CCNC(=NCCc1nc(CC)c(C)s1)N1CC(C)C(C(=O)OC)C1.I. The third-order valence-electron chi connectivity index (χ3n) is 4.61. The summed E-state index contributed by atoms with van der Waals surface area (Å²) < 4.78 is 4.92. The Labute approximate surface area is 177 Å². The maximum atomic E-state index is 11.9. The van der Waals surface area contributed by atoms with Gasteiger partial charge in [0.1, 0.15) is 0 Å². The quantitative estimate of drug-likeness (QED) is 0.285. The van der Waals surface area contributed by atoms with Crippen molar-refractivity contribution in [3.05, 3.63) is 15.6 Å². The zero-order chi connectivity index (χ0) is 18.4. The van der Waals surface area contributed by atoms with E-state index in [1.807, 2.05) is 0 Å². The first-order chi connectivity index (χ1) is 12.0. The van der Waals surface area contributed by atoms with Crippen molar-refractivity contribution in [2.24, 2.45) is 16.8 Å². The summed E-state index contributed by atoms with van der Waals surface area (Å²) in [4.78, 5) is 24.8. The highest BCUT2D eigenvalue weighted by molar-refractivity contribution is 14.0. The number of aromatic nitrogens is 1. The van der Waals surface area contributed by atoms with Crippen molar-refractivity contribution in [1.82, 2.24) is 15.2 Å². The molecule has 2 rings (SSSR count). The topological polar surface area (TPSA) is 66.8 Å². The molecule has 0 bridgehead atoms. The van der Waals surface area contributed by atoms with Crippen molar-refractivity contribution in [3.8, 4) is 0 Å². The van der Waals surface area contributed by atoms with Gasteiger partial charge in [0.2, 0.25) is 0 Å². The van der Waals surface area contributed by atoms with E-state index in [4.69, 9.17) is 9.73 Å². The van der Waals surface area contributed by atoms with Gasteiger partial charge in [-0.1, -0.05) is 13.8 Å². The van der Waals surface area contributed by atoms with E-state index in [1.54, 1.807) is 11.3 Å². The van der Waals surface area contributed by atoms with Crippen LogP contribution in [-0.2, 0) is 22.4 Å². The molecule has 1 saturated heterocycles. The number of rotatable bonds is 6. The summed E-state index contributed by atoms with van der Waals surface area (Å²) >= 11 is 1.77. The third-order valence-corrected chi connectivity index (χ3v) is 5.68. The van der Waals surface area contributed by atoms with E-state index in [9.17, 15) is 4.79 Å². The number of hydrogen-bond acceptors (Lipinski definition) is 5. The normalized spacial score (nSPS) is 20.0. The molecule has 0 aliphatic carbocycles. The number of likely N-dealkylation sites (tertiary alicyclic amines) is 1. The molecule has 1 aliphatic rings. The van der Waals surface area contributed by atoms with Crippen LogP contribution in [0.2, 0.25) is 0 Å². The number of esters is 1. The van der Waals surface area contributed by atoms with Gasteiger partial charge in [-0.25, -0.2) is 4.98 Å². The molecule has 2 heterocycles. The Morgan fingerprint density at radius 1 is 1.42 bits per heavy atom. The predicted octanol–water partition coefficient (Wildman–Crippen LogP) is 2.88. The molecular weight excluding hydrogens is 463 g/mol. The fraction of sp³-hybridized carbons (Fsp3) is 0.722. The molecule has 26 heavy (non-hydrogen) atoms. The van der Waals surface area contributed by atoms with Crippen LogP contribution in [0.3, 0.4) is 0 Å². The Hall–Kier alpha value is -0.900. The van der Waals surface area contributed by atoms with Crippen molar-refractivity contribution < 1.29 is 9.53 Å². The summed E-state index contributed by atoms with van der Waals surface area (Å²) in [5, 5.41) is 4.49. The second-order valence-corrected chi connectivity index (χ2v) is 7.75. The van der Waals surface area contributed by atoms with Gasteiger partial charge in [0.25, 0.3) is 0 Å². The van der Waals surface area contributed by atoms with Gasteiger partial charge in [-0.2, -0.15) is 0 Å². The summed E-state index contributed by atoms with van der Waals surface area (Å²) in [6.45, 7) is 11.4. The van der Waals surface area contributed by atoms with Crippen LogP contribution in [-0.4, -0.2) is 55.1 Å². The van der Waals surface area contributed by atoms with Crippen LogP contribution >= 0.6 is 35.3 Å². The number of aryl methyl sites for hydroxylation is 2. The highest BCUT2D eigenvalue weighted by atomic mass is 127. The third kappa shape index (κ3) is 5.80. The van der Waals surface area contributed by atoms with Gasteiger partial charge < -0.3 is 15.0 Å². The number of ether oxygens (including phenoxy) is 1. The molecule has 1 N–H and O–H groups in total. The zero-order valence-electron chi connectivity index (χ0n) is 16.4. The number of nitrogens with zero attached hydrogens (tertiary/aromatic N) is 3. The summed E-state index contributed by atoms with van der Waals surface area (Å²) in [5.41, 5.74) is 1.20. The van der Waals surface area contributed by atoms with E-state index in [1.165, 1.54) is 17.7 Å². The highest BCUT2D eigenvalue weighted by Gasteiger charge is 2.36. The molecule has 8 heteroatoms. The minimum atomic E-state index is -0.129. The predicted molar refractivity (Wildman–Crippen MR) is 118 cm³/mol. The van der Waals surface area contributed by atoms with Crippen LogP contribution < -0.4 is 5.32 Å². The van der Waals surface area contributed by atoms with Crippen LogP contribution in [0, 0.1) is 18.8 Å². The van der Waals surface area contributed by atoms with Gasteiger partial charge in [0.05, 0.1) is 23.7 Å². The van der Waals surface area contributed by atoms with Crippen LogP contribution in [0.4, 0.5) is 0 Å². The Morgan fingerprint density at radius 2 is 2.15 bits per heavy atom. The fourth-order valence-electron chi connectivity index (χ4n) is 3.20. The van der Waals surface area contributed by atoms with Gasteiger partial charge in [-0.15, -0.1) is 35.3 Å². The van der Waals surface area contributed by atoms with Gasteiger partial charge >= 0.3 is 5.97 Å². The minimum Gasteiger partial charge on any atom is -0.469 e. The van der Waals surface area contributed by atoms with Gasteiger partial charge in [-0.3, -0.25) is 9.79 Å². The maximum Gasteiger partial charge on any atom is 0.310 e. The lowest BCUT2D eigenvalue weighted by Crippen LogP contribution is -2.40. The highest BCUT2D eigenvalue weighted by Crippen LogP contribution is 2.24. The lowest BCUT2D eigenvalue weighted by Gasteiger charge is -2.21. The van der Waals surface area contributed by atoms with Crippen molar-refractivity contribution in [2.45, 2.75) is 40.5 Å². The molecule has 1 aliphatic heterocycles. The summed E-state index contributed by atoms with van der Waals surface area (Å²) in [5.74, 6) is 0.938. The number of methoxy groups -OCH3 is 1. The number of guanidine groups is 1. The molecule has 0 aromatic carbocycles. The van der Waals surface area contributed by atoms with Crippen LogP contribution in [0.15, 0.2) is 4.99 Å². The number of halogens is 1. The summed E-state index contributed by atoms with van der Waals surface area (Å²) in [6.07, 6.45) is 1.83. The van der Waals surface area contributed by atoms with Crippen LogP contribution in [0.25, 0.3) is 0 Å². The van der Waals surface area contributed by atoms with Crippen LogP contribution in [0.1, 0.15) is 36.3 Å². The second-order valence-electron chi connectivity index (χ2n) is 6.46. The first-order valence-electron chi connectivity index (χ1n) is 9.06.